The van der Waals surface area contributed by atoms with Crippen LogP contribution in [0.25, 0.3) is 0 Å². The van der Waals surface area contributed by atoms with Crippen molar-refractivity contribution in [3.05, 3.63) is 65.7 Å². The van der Waals surface area contributed by atoms with Gasteiger partial charge in [0.15, 0.2) is 0 Å². The lowest BCUT2D eigenvalue weighted by molar-refractivity contribution is -0.122. The van der Waals surface area contributed by atoms with Gasteiger partial charge in [0, 0.05) is 23.2 Å². The van der Waals surface area contributed by atoms with Crippen molar-refractivity contribution in [3.63, 3.8) is 0 Å². The molecule has 3 rings (SSSR count). The second-order valence-corrected chi connectivity index (χ2v) is 6.75. The van der Waals surface area contributed by atoms with E-state index in [2.05, 4.69) is 16.2 Å². The van der Waals surface area contributed by atoms with Gasteiger partial charge in [-0.25, -0.2) is 0 Å². The van der Waals surface area contributed by atoms with Crippen molar-refractivity contribution in [3.8, 4) is 0 Å². The van der Waals surface area contributed by atoms with Crippen LogP contribution in [0.4, 0.5) is 5.69 Å². The fraction of sp³-hybridized carbons (Fsp3) is 0.286. The molecular formula is C21H23N3O3. The van der Waals surface area contributed by atoms with Crippen LogP contribution in [0.1, 0.15) is 52.8 Å². The normalized spacial score (nSPS) is 13.8. The SMILES string of the molecule is O=C(CC1CCCC1)NNC(=O)c1ccc(NC(=O)c2ccccc2)cc1. The Hall–Kier alpha value is -3.15. The van der Waals surface area contributed by atoms with Crippen LogP contribution in [0, 0.1) is 5.92 Å². The maximum atomic E-state index is 12.1. The van der Waals surface area contributed by atoms with E-state index >= 15 is 0 Å². The maximum Gasteiger partial charge on any atom is 0.269 e. The fourth-order valence-electron chi connectivity index (χ4n) is 3.22. The van der Waals surface area contributed by atoms with Crippen molar-refractivity contribution in [2.24, 2.45) is 5.92 Å². The standard InChI is InChI=1S/C21H23N3O3/c25-19(14-15-6-4-5-7-15)23-24-21(27)17-10-12-18(13-11-17)22-20(26)16-8-2-1-3-9-16/h1-3,8-13,15H,4-7,14H2,(H,22,26)(H,23,25)(H,24,27). The molecule has 6 heteroatoms. The smallest absolute Gasteiger partial charge is 0.269 e. The Morgan fingerprint density at radius 1 is 0.778 bits per heavy atom. The van der Waals surface area contributed by atoms with E-state index in [1.165, 1.54) is 12.8 Å². The molecule has 0 atom stereocenters. The highest BCUT2D eigenvalue weighted by Crippen LogP contribution is 2.27. The quantitative estimate of drug-likeness (QED) is 0.711. The van der Waals surface area contributed by atoms with Gasteiger partial charge in [-0.3, -0.25) is 25.2 Å². The van der Waals surface area contributed by atoms with E-state index in [1.54, 1.807) is 48.5 Å². The zero-order valence-electron chi connectivity index (χ0n) is 15.0. The van der Waals surface area contributed by atoms with Gasteiger partial charge in [-0.05, 0) is 55.2 Å². The summed E-state index contributed by atoms with van der Waals surface area (Å²) in [5.41, 5.74) is 6.45. The van der Waals surface area contributed by atoms with Crippen LogP contribution < -0.4 is 16.2 Å². The van der Waals surface area contributed by atoms with Gasteiger partial charge in [0.1, 0.15) is 0 Å². The Balaban J connectivity index is 1.48. The predicted molar refractivity (Wildman–Crippen MR) is 103 cm³/mol. The maximum absolute atomic E-state index is 12.1. The predicted octanol–water partition coefficient (Wildman–Crippen LogP) is 3.28. The van der Waals surface area contributed by atoms with E-state index in [-0.39, 0.29) is 11.8 Å². The molecule has 0 saturated heterocycles. The lowest BCUT2D eigenvalue weighted by atomic mass is 10.0. The highest BCUT2D eigenvalue weighted by molar-refractivity contribution is 6.04. The second-order valence-electron chi connectivity index (χ2n) is 6.75. The topological polar surface area (TPSA) is 87.3 Å². The van der Waals surface area contributed by atoms with Crippen molar-refractivity contribution in [2.45, 2.75) is 32.1 Å². The molecule has 2 aromatic carbocycles. The van der Waals surface area contributed by atoms with Crippen molar-refractivity contribution in [1.82, 2.24) is 10.9 Å². The molecule has 6 nitrogen and oxygen atoms in total. The molecule has 1 aliphatic carbocycles. The number of nitrogens with one attached hydrogen (secondary N) is 3. The van der Waals surface area contributed by atoms with Gasteiger partial charge in [-0.15, -0.1) is 0 Å². The van der Waals surface area contributed by atoms with Crippen molar-refractivity contribution in [2.75, 3.05) is 5.32 Å². The minimum Gasteiger partial charge on any atom is -0.322 e. The minimum atomic E-state index is -0.393. The van der Waals surface area contributed by atoms with Crippen LogP contribution in [0.15, 0.2) is 54.6 Å². The van der Waals surface area contributed by atoms with Gasteiger partial charge in [-0.1, -0.05) is 31.0 Å². The van der Waals surface area contributed by atoms with E-state index < -0.39 is 5.91 Å². The zero-order valence-corrected chi connectivity index (χ0v) is 15.0. The van der Waals surface area contributed by atoms with E-state index in [0.29, 0.717) is 29.2 Å². The largest absolute Gasteiger partial charge is 0.322 e. The molecule has 140 valence electrons. The summed E-state index contributed by atoms with van der Waals surface area (Å²) < 4.78 is 0. The number of carbonyl (C=O) groups excluding carboxylic acids is 3. The Kier molecular flexibility index (Phi) is 6.20. The number of anilines is 1. The zero-order chi connectivity index (χ0) is 19.1. The molecule has 27 heavy (non-hydrogen) atoms. The molecule has 0 radical (unpaired) electrons. The molecule has 0 bridgehead atoms. The number of amides is 3. The average molecular weight is 365 g/mol. The first-order valence-corrected chi connectivity index (χ1v) is 9.17. The van der Waals surface area contributed by atoms with E-state index in [0.717, 1.165) is 12.8 Å². The average Bonchev–Trinajstić information content (AvgIpc) is 3.20. The molecule has 1 aliphatic rings. The van der Waals surface area contributed by atoms with Crippen molar-refractivity contribution < 1.29 is 14.4 Å². The van der Waals surface area contributed by atoms with E-state index in [9.17, 15) is 14.4 Å². The Morgan fingerprint density at radius 3 is 2.07 bits per heavy atom. The Bertz CT molecular complexity index is 797. The highest BCUT2D eigenvalue weighted by atomic mass is 16.2. The number of hydrogen-bond donors (Lipinski definition) is 3. The summed E-state index contributed by atoms with van der Waals surface area (Å²) in [6, 6.07) is 15.4. The third kappa shape index (κ3) is 5.41. The molecule has 0 spiro atoms. The number of carbonyl (C=O) groups is 3. The van der Waals surface area contributed by atoms with E-state index in [4.69, 9.17) is 0 Å². The number of hydrogen-bond acceptors (Lipinski definition) is 3. The molecule has 2 aromatic rings. The molecule has 1 fully saturated rings. The molecule has 3 N–H and O–H groups in total. The van der Waals surface area contributed by atoms with Gasteiger partial charge >= 0.3 is 0 Å². The first kappa shape index (κ1) is 18.6. The summed E-state index contributed by atoms with van der Waals surface area (Å²) >= 11 is 0. The van der Waals surface area contributed by atoms with Crippen molar-refractivity contribution in [1.29, 1.82) is 0 Å². The van der Waals surface area contributed by atoms with Gasteiger partial charge in [0.25, 0.3) is 11.8 Å². The molecular weight excluding hydrogens is 342 g/mol. The van der Waals surface area contributed by atoms with Crippen LogP contribution in [0.2, 0.25) is 0 Å². The number of hydrazine groups is 1. The van der Waals surface area contributed by atoms with Gasteiger partial charge in [0.05, 0.1) is 0 Å². The van der Waals surface area contributed by atoms with E-state index in [1.807, 2.05) is 6.07 Å². The summed E-state index contributed by atoms with van der Waals surface area (Å²) in [4.78, 5) is 36.1. The molecule has 1 saturated carbocycles. The lowest BCUT2D eigenvalue weighted by Gasteiger charge is -2.11. The lowest BCUT2D eigenvalue weighted by Crippen LogP contribution is -2.42. The summed E-state index contributed by atoms with van der Waals surface area (Å²) in [7, 11) is 0. The number of benzene rings is 2. The van der Waals surface area contributed by atoms with Crippen LogP contribution in [0.5, 0.6) is 0 Å². The summed E-state index contributed by atoms with van der Waals surface area (Å²) in [6.07, 6.45) is 4.97. The first-order chi connectivity index (χ1) is 13.1. The first-order valence-electron chi connectivity index (χ1n) is 9.17. The molecule has 0 unspecified atom stereocenters. The van der Waals surface area contributed by atoms with Crippen LogP contribution in [0.3, 0.4) is 0 Å². The second kappa shape index (κ2) is 8.98. The van der Waals surface area contributed by atoms with Crippen molar-refractivity contribution >= 4 is 23.4 Å². The highest BCUT2D eigenvalue weighted by Gasteiger charge is 2.18. The third-order valence-electron chi connectivity index (χ3n) is 4.71. The monoisotopic (exact) mass is 365 g/mol. The molecule has 3 amide bonds. The Labute approximate surface area is 158 Å². The third-order valence-corrected chi connectivity index (χ3v) is 4.71. The van der Waals surface area contributed by atoms with Crippen LogP contribution in [-0.4, -0.2) is 17.7 Å². The fourth-order valence-corrected chi connectivity index (χ4v) is 3.22. The summed E-state index contributed by atoms with van der Waals surface area (Å²) in [5.74, 6) is -0.348. The molecule has 0 aromatic heterocycles. The molecule has 0 aliphatic heterocycles. The molecule has 0 heterocycles. The number of rotatable bonds is 5. The van der Waals surface area contributed by atoms with Crippen LogP contribution in [-0.2, 0) is 4.79 Å². The Morgan fingerprint density at radius 2 is 1.41 bits per heavy atom. The minimum absolute atomic E-state index is 0.165. The van der Waals surface area contributed by atoms with Gasteiger partial charge < -0.3 is 5.32 Å². The van der Waals surface area contributed by atoms with Gasteiger partial charge in [0.2, 0.25) is 5.91 Å². The van der Waals surface area contributed by atoms with Crippen LogP contribution >= 0.6 is 0 Å². The summed E-state index contributed by atoms with van der Waals surface area (Å²) in [6.45, 7) is 0. The van der Waals surface area contributed by atoms with Gasteiger partial charge in [-0.2, -0.15) is 0 Å². The summed E-state index contributed by atoms with van der Waals surface area (Å²) in [5, 5.41) is 2.77.